The first-order valence-electron chi connectivity index (χ1n) is 11.0. The second-order valence-electron chi connectivity index (χ2n) is 8.33. The second-order valence-corrected chi connectivity index (χ2v) is 9.05. The molecular formula is C23H32BrN3O2. The van der Waals surface area contributed by atoms with Gasteiger partial charge in [-0.1, -0.05) is 6.42 Å². The third kappa shape index (κ3) is 5.62. The summed E-state index contributed by atoms with van der Waals surface area (Å²) < 4.78 is 12.6. The zero-order valence-corrected chi connectivity index (χ0v) is 19.0. The Balaban J connectivity index is 1.28. The quantitative estimate of drug-likeness (QED) is 0.496. The van der Waals surface area contributed by atoms with Crippen molar-refractivity contribution in [3.63, 3.8) is 0 Å². The number of likely N-dealkylation sites (tertiary alicyclic amines) is 2. The summed E-state index contributed by atoms with van der Waals surface area (Å²) in [5.74, 6) is 1.57. The monoisotopic (exact) mass is 461 g/mol. The number of piperidine rings is 1. The highest BCUT2D eigenvalue weighted by atomic mass is 79.9. The van der Waals surface area contributed by atoms with Gasteiger partial charge in [0.2, 0.25) is 5.89 Å². The van der Waals surface area contributed by atoms with E-state index in [-0.39, 0.29) is 0 Å². The highest BCUT2D eigenvalue weighted by Gasteiger charge is 2.19. The van der Waals surface area contributed by atoms with Crippen molar-refractivity contribution in [3.8, 4) is 17.2 Å². The van der Waals surface area contributed by atoms with E-state index in [1.165, 1.54) is 38.6 Å². The largest absolute Gasteiger partial charge is 0.494 e. The van der Waals surface area contributed by atoms with Crippen LogP contribution in [0.1, 0.15) is 51.1 Å². The fourth-order valence-electron chi connectivity index (χ4n) is 4.36. The van der Waals surface area contributed by atoms with Gasteiger partial charge in [-0.3, -0.25) is 4.90 Å². The summed E-state index contributed by atoms with van der Waals surface area (Å²) >= 11 is 3.55. The SMILES string of the molecule is CC1CCCN1CCCOc1ccc(-c2nc(CN3CCCCC3)c(Br)o2)cc1. The van der Waals surface area contributed by atoms with Crippen LogP contribution in [-0.4, -0.2) is 53.6 Å². The molecule has 4 rings (SSSR count). The van der Waals surface area contributed by atoms with Crippen LogP contribution >= 0.6 is 15.9 Å². The van der Waals surface area contributed by atoms with E-state index in [0.717, 1.165) is 66.9 Å². The predicted octanol–water partition coefficient (Wildman–Crippen LogP) is 5.34. The number of rotatable bonds is 8. The third-order valence-electron chi connectivity index (χ3n) is 6.12. The molecular weight excluding hydrogens is 430 g/mol. The molecule has 2 aromatic rings. The number of ether oxygens (including phenoxy) is 1. The number of hydrogen-bond acceptors (Lipinski definition) is 5. The van der Waals surface area contributed by atoms with Gasteiger partial charge >= 0.3 is 0 Å². The zero-order valence-electron chi connectivity index (χ0n) is 17.4. The molecule has 1 aromatic carbocycles. The van der Waals surface area contributed by atoms with E-state index in [1.807, 2.05) is 24.3 Å². The summed E-state index contributed by atoms with van der Waals surface area (Å²) in [6, 6.07) is 8.81. The minimum Gasteiger partial charge on any atom is -0.494 e. The van der Waals surface area contributed by atoms with E-state index in [2.05, 4.69) is 32.7 Å². The normalized spacial score (nSPS) is 21.0. The topological polar surface area (TPSA) is 41.7 Å². The van der Waals surface area contributed by atoms with Crippen molar-refractivity contribution >= 4 is 15.9 Å². The van der Waals surface area contributed by atoms with E-state index in [4.69, 9.17) is 14.1 Å². The molecule has 1 unspecified atom stereocenters. The molecule has 0 amide bonds. The Morgan fingerprint density at radius 3 is 2.62 bits per heavy atom. The van der Waals surface area contributed by atoms with Crippen LogP contribution in [0.5, 0.6) is 5.75 Å². The maximum atomic E-state index is 5.93. The summed E-state index contributed by atoms with van der Waals surface area (Å²) in [5, 5.41) is 0. The van der Waals surface area contributed by atoms with Gasteiger partial charge in [-0.05, 0) is 98.9 Å². The lowest BCUT2D eigenvalue weighted by atomic mass is 10.1. The lowest BCUT2D eigenvalue weighted by molar-refractivity contribution is 0.218. The molecule has 158 valence electrons. The van der Waals surface area contributed by atoms with Crippen LogP contribution < -0.4 is 4.74 Å². The van der Waals surface area contributed by atoms with Crippen LogP contribution in [-0.2, 0) is 6.54 Å². The van der Waals surface area contributed by atoms with Gasteiger partial charge in [0.15, 0.2) is 4.67 Å². The smallest absolute Gasteiger partial charge is 0.227 e. The van der Waals surface area contributed by atoms with Crippen molar-refractivity contribution in [3.05, 3.63) is 34.6 Å². The molecule has 0 bridgehead atoms. The summed E-state index contributed by atoms with van der Waals surface area (Å²) in [7, 11) is 0. The summed E-state index contributed by atoms with van der Waals surface area (Å²) in [6.07, 6.45) is 7.63. The standard InChI is InChI=1S/C23H32BrN3O2/c1-18-7-5-14-27(18)15-6-16-28-20-10-8-19(9-11-20)23-25-21(22(24)29-23)17-26-12-3-2-4-13-26/h8-11,18H,2-7,12-17H2,1H3. The first kappa shape index (κ1) is 20.9. The molecule has 2 aliphatic rings. The van der Waals surface area contributed by atoms with Crippen LogP contribution in [0.15, 0.2) is 33.4 Å². The molecule has 0 N–H and O–H groups in total. The first-order valence-corrected chi connectivity index (χ1v) is 11.8. The molecule has 2 aliphatic heterocycles. The molecule has 2 fully saturated rings. The van der Waals surface area contributed by atoms with Gasteiger partial charge in [-0.2, -0.15) is 0 Å². The van der Waals surface area contributed by atoms with E-state index in [1.54, 1.807) is 0 Å². The summed E-state index contributed by atoms with van der Waals surface area (Å²) in [5.41, 5.74) is 1.97. The molecule has 0 aliphatic carbocycles. The Labute approximate surface area is 182 Å². The lowest BCUT2D eigenvalue weighted by Gasteiger charge is -2.25. The highest BCUT2D eigenvalue weighted by molar-refractivity contribution is 9.10. The zero-order chi connectivity index (χ0) is 20.1. The first-order chi connectivity index (χ1) is 14.2. The molecule has 2 saturated heterocycles. The van der Waals surface area contributed by atoms with Crippen molar-refractivity contribution < 1.29 is 9.15 Å². The van der Waals surface area contributed by atoms with Crippen molar-refractivity contribution in [2.45, 2.75) is 58.0 Å². The van der Waals surface area contributed by atoms with Crippen LogP contribution in [0, 0.1) is 0 Å². The Morgan fingerprint density at radius 1 is 1.10 bits per heavy atom. The van der Waals surface area contributed by atoms with E-state index < -0.39 is 0 Å². The van der Waals surface area contributed by atoms with Gasteiger partial charge in [0.1, 0.15) is 11.4 Å². The van der Waals surface area contributed by atoms with Gasteiger partial charge in [0.05, 0.1) is 6.61 Å². The molecule has 29 heavy (non-hydrogen) atoms. The average Bonchev–Trinajstić information content (AvgIpc) is 3.32. The van der Waals surface area contributed by atoms with E-state index in [9.17, 15) is 0 Å². The number of nitrogens with zero attached hydrogens (tertiary/aromatic N) is 3. The molecule has 0 saturated carbocycles. The van der Waals surface area contributed by atoms with Gasteiger partial charge in [0, 0.05) is 24.7 Å². The highest BCUT2D eigenvalue weighted by Crippen LogP contribution is 2.28. The number of halogens is 1. The second kappa shape index (κ2) is 10.1. The Kier molecular flexibility index (Phi) is 7.27. The molecule has 5 nitrogen and oxygen atoms in total. The fraction of sp³-hybridized carbons (Fsp3) is 0.609. The van der Waals surface area contributed by atoms with Gasteiger partial charge < -0.3 is 14.1 Å². The molecule has 1 aromatic heterocycles. The Hall–Kier alpha value is -1.37. The molecule has 1 atom stereocenters. The summed E-state index contributed by atoms with van der Waals surface area (Å²) in [4.78, 5) is 9.75. The van der Waals surface area contributed by atoms with Gasteiger partial charge in [-0.15, -0.1) is 0 Å². The lowest BCUT2D eigenvalue weighted by Crippen LogP contribution is -2.29. The number of benzene rings is 1. The minimum atomic E-state index is 0.665. The van der Waals surface area contributed by atoms with Crippen molar-refractivity contribution in [1.29, 1.82) is 0 Å². The van der Waals surface area contributed by atoms with E-state index in [0.29, 0.717) is 5.89 Å². The predicted molar refractivity (Wildman–Crippen MR) is 119 cm³/mol. The fourth-order valence-corrected chi connectivity index (χ4v) is 4.73. The van der Waals surface area contributed by atoms with Crippen LogP contribution in [0.25, 0.3) is 11.5 Å². The van der Waals surface area contributed by atoms with Crippen LogP contribution in [0.3, 0.4) is 0 Å². The average molecular weight is 462 g/mol. The molecule has 0 radical (unpaired) electrons. The Bertz CT molecular complexity index is 771. The third-order valence-corrected chi connectivity index (χ3v) is 6.74. The maximum Gasteiger partial charge on any atom is 0.227 e. The number of oxazole rings is 1. The van der Waals surface area contributed by atoms with Gasteiger partial charge in [0.25, 0.3) is 0 Å². The van der Waals surface area contributed by atoms with E-state index >= 15 is 0 Å². The number of aromatic nitrogens is 1. The van der Waals surface area contributed by atoms with Crippen molar-refractivity contribution in [1.82, 2.24) is 14.8 Å². The molecule has 6 heteroatoms. The van der Waals surface area contributed by atoms with Gasteiger partial charge in [-0.25, -0.2) is 4.98 Å². The van der Waals surface area contributed by atoms with Crippen LogP contribution in [0.4, 0.5) is 0 Å². The van der Waals surface area contributed by atoms with Crippen molar-refractivity contribution in [2.24, 2.45) is 0 Å². The minimum absolute atomic E-state index is 0.665. The molecule has 3 heterocycles. The van der Waals surface area contributed by atoms with Crippen LogP contribution in [0.2, 0.25) is 0 Å². The van der Waals surface area contributed by atoms with Crippen molar-refractivity contribution in [2.75, 3.05) is 32.8 Å². The number of hydrogen-bond donors (Lipinski definition) is 0. The summed E-state index contributed by atoms with van der Waals surface area (Å²) in [6.45, 7) is 8.60. The maximum absolute atomic E-state index is 5.93. The molecule has 0 spiro atoms. The Morgan fingerprint density at radius 2 is 1.90 bits per heavy atom.